The van der Waals surface area contributed by atoms with Crippen molar-refractivity contribution >= 4 is 43.1 Å². The summed E-state index contributed by atoms with van der Waals surface area (Å²) in [4.78, 5) is 14.9. The minimum absolute atomic E-state index is 0.696. The Bertz CT molecular complexity index is 2570. The molecule has 3 nitrogen and oxygen atoms in total. The van der Waals surface area contributed by atoms with E-state index in [0.717, 1.165) is 39.2 Å². The van der Waals surface area contributed by atoms with E-state index in [1.165, 1.54) is 43.1 Å². The van der Waals surface area contributed by atoms with Crippen LogP contribution in [0.3, 0.4) is 0 Å². The second-order valence-electron chi connectivity index (χ2n) is 11.6. The van der Waals surface area contributed by atoms with Gasteiger partial charge in [-0.25, -0.2) is 9.97 Å². The van der Waals surface area contributed by atoms with Gasteiger partial charge in [0.05, 0.1) is 11.4 Å². The summed E-state index contributed by atoms with van der Waals surface area (Å²) >= 11 is 0. The van der Waals surface area contributed by atoms with Gasteiger partial charge in [0.25, 0.3) is 0 Å². The molecule has 9 rings (SSSR count). The molecule has 0 fully saturated rings. The molecular formula is C43H27N3. The summed E-state index contributed by atoms with van der Waals surface area (Å²) < 4.78 is 0. The van der Waals surface area contributed by atoms with Gasteiger partial charge in [0.1, 0.15) is 0 Å². The molecule has 0 radical (unpaired) electrons. The molecule has 2 aromatic heterocycles. The number of hydrogen-bond donors (Lipinski definition) is 0. The minimum Gasteiger partial charge on any atom is -0.264 e. The van der Waals surface area contributed by atoms with Crippen LogP contribution in [0.5, 0.6) is 0 Å². The van der Waals surface area contributed by atoms with Gasteiger partial charge in [-0.05, 0) is 66.9 Å². The summed E-state index contributed by atoms with van der Waals surface area (Å²) in [6.45, 7) is 0. The normalized spacial score (nSPS) is 11.5. The molecule has 0 amide bonds. The lowest BCUT2D eigenvalue weighted by atomic mass is 9.88. The fourth-order valence-electron chi connectivity index (χ4n) is 6.90. The highest BCUT2D eigenvalue weighted by Crippen LogP contribution is 2.43. The Labute approximate surface area is 266 Å². The molecule has 9 aromatic rings. The van der Waals surface area contributed by atoms with Crippen molar-refractivity contribution in [3.63, 3.8) is 0 Å². The van der Waals surface area contributed by atoms with E-state index in [2.05, 4.69) is 132 Å². The van der Waals surface area contributed by atoms with Gasteiger partial charge in [0.2, 0.25) is 0 Å². The van der Waals surface area contributed by atoms with Gasteiger partial charge >= 0.3 is 0 Å². The molecule has 0 saturated heterocycles. The summed E-state index contributed by atoms with van der Waals surface area (Å²) in [6, 6.07) is 53.5. The summed E-state index contributed by atoms with van der Waals surface area (Å²) in [5, 5.41) is 9.90. The molecule has 0 aliphatic carbocycles. The van der Waals surface area contributed by atoms with Crippen LogP contribution in [0.1, 0.15) is 0 Å². The number of fused-ring (bicyclic) bond motifs is 8. The van der Waals surface area contributed by atoms with Crippen LogP contribution in [0.15, 0.2) is 164 Å². The lowest BCUT2D eigenvalue weighted by Crippen LogP contribution is -1.98. The molecule has 46 heavy (non-hydrogen) atoms. The van der Waals surface area contributed by atoms with Crippen LogP contribution in [0, 0.1) is 0 Å². The first-order chi connectivity index (χ1) is 22.8. The average Bonchev–Trinajstić information content (AvgIpc) is 3.15. The minimum atomic E-state index is 0.696. The van der Waals surface area contributed by atoms with Gasteiger partial charge in [0.15, 0.2) is 5.82 Å². The Balaban J connectivity index is 1.39. The summed E-state index contributed by atoms with van der Waals surface area (Å²) in [7, 11) is 0. The van der Waals surface area contributed by atoms with Crippen molar-refractivity contribution in [2.75, 3.05) is 0 Å². The molecular weight excluding hydrogens is 558 g/mol. The van der Waals surface area contributed by atoms with Gasteiger partial charge in [-0.15, -0.1) is 0 Å². The maximum absolute atomic E-state index is 5.28. The third kappa shape index (κ3) is 4.25. The van der Waals surface area contributed by atoms with Gasteiger partial charge in [0, 0.05) is 34.6 Å². The summed E-state index contributed by atoms with van der Waals surface area (Å²) in [5.41, 5.74) is 7.00. The Kier molecular flexibility index (Phi) is 6.14. The lowest BCUT2D eigenvalue weighted by molar-refractivity contribution is 1.19. The highest BCUT2D eigenvalue weighted by Gasteiger charge is 2.18. The van der Waals surface area contributed by atoms with Gasteiger partial charge in [-0.3, -0.25) is 4.98 Å². The maximum Gasteiger partial charge on any atom is 0.160 e. The molecule has 0 aliphatic rings. The first-order valence-electron chi connectivity index (χ1n) is 15.5. The van der Waals surface area contributed by atoms with E-state index in [1.54, 1.807) is 6.20 Å². The number of aromatic nitrogens is 3. The van der Waals surface area contributed by atoms with E-state index in [9.17, 15) is 0 Å². The topological polar surface area (TPSA) is 38.7 Å². The zero-order valence-electron chi connectivity index (χ0n) is 24.9. The average molecular weight is 586 g/mol. The third-order valence-electron chi connectivity index (χ3n) is 8.96. The zero-order chi connectivity index (χ0) is 30.5. The summed E-state index contributed by atoms with van der Waals surface area (Å²) in [6.07, 6.45) is 3.71. The van der Waals surface area contributed by atoms with Crippen LogP contribution in [0.4, 0.5) is 0 Å². The van der Waals surface area contributed by atoms with E-state index >= 15 is 0 Å². The molecule has 0 bridgehead atoms. The smallest absolute Gasteiger partial charge is 0.160 e. The van der Waals surface area contributed by atoms with Crippen molar-refractivity contribution in [2.45, 2.75) is 0 Å². The Morgan fingerprint density at radius 1 is 0.348 bits per heavy atom. The van der Waals surface area contributed by atoms with Crippen molar-refractivity contribution in [1.29, 1.82) is 0 Å². The molecule has 0 atom stereocenters. The fourth-order valence-corrected chi connectivity index (χ4v) is 6.90. The standard InChI is InChI=1S/C43H27N3/c1-2-13-28(14-3-1)43-45-40(35-21-9-4-16-30(35)29-15-12-24-44-27-29)26-41(46-43)38-25-39-33-19-6-5-17-31(33)32-18-7-10-22-36(32)42(39)37-23-11-8-20-34(37)38/h1-27H. The van der Waals surface area contributed by atoms with Gasteiger partial charge in [-0.1, -0.05) is 133 Å². The van der Waals surface area contributed by atoms with E-state index in [1.807, 2.05) is 30.5 Å². The summed E-state index contributed by atoms with van der Waals surface area (Å²) in [5.74, 6) is 0.696. The number of rotatable bonds is 4. The predicted molar refractivity (Wildman–Crippen MR) is 192 cm³/mol. The molecule has 2 heterocycles. The van der Waals surface area contributed by atoms with Crippen molar-refractivity contribution in [3.05, 3.63) is 164 Å². The molecule has 0 N–H and O–H groups in total. The van der Waals surface area contributed by atoms with Crippen LogP contribution < -0.4 is 0 Å². The van der Waals surface area contributed by atoms with E-state index in [0.29, 0.717) is 5.82 Å². The maximum atomic E-state index is 5.28. The molecule has 0 unspecified atom stereocenters. The quantitative estimate of drug-likeness (QED) is 0.193. The van der Waals surface area contributed by atoms with Crippen LogP contribution in [-0.2, 0) is 0 Å². The Morgan fingerprint density at radius 2 is 0.870 bits per heavy atom. The Morgan fingerprint density at radius 3 is 1.57 bits per heavy atom. The van der Waals surface area contributed by atoms with Crippen molar-refractivity contribution in [1.82, 2.24) is 15.0 Å². The van der Waals surface area contributed by atoms with Gasteiger partial charge < -0.3 is 0 Å². The number of nitrogens with zero attached hydrogens (tertiary/aromatic N) is 3. The number of benzene rings is 7. The third-order valence-corrected chi connectivity index (χ3v) is 8.96. The van der Waals surface area contributed by atoms with Gasteiger partial charge in [-0.2, -0.15) is 0 Å². The molecule has 214 valence electrons. The number of hydrogen-bond acceptors (Lipinski definition) is 3. The predicted octanol–water partition coefficient (Wildman–Crippen LogP) is 11.2. The largest absolute Gasteiger partial charge is 0.264 e. The van der Waals surface area contributed by atoms with Crippen LogP contribution in [0.2, 0.25) is 0 Å². The molecule has 3 heteroatoms. The van der Waals surface area contributed by atoms with Crippen molar-refractivity contribution in [2.24, 2.45) is 0 Å². The molecule has 7 aromatic carbocycles. The fraction of sp³-hybridized carbons (Fsp3) is 0. The lowest BCUT2D eigenvalue weighted by Gasteiger charge is -2.17. The van der Waals surface area contributed by atoms with Crippen LogP contribution in [0.25, 0.3) is 88.1 Å². The zero-order valence-corrected chi connectivity index (χ0v) is 24.9. The highest BCUT2D eigenvalue weighted by molar-refractivity contribution is 6.32. The molecule has 0 spiro atoms. The SMILES string of the molecule is c1ccc(-c2nc(-c3ccccc3-c3cccnc3)cc(-c3cc4c5ccccc5c5ccccc5c4c4ccccc34)n2)cc1. The van der Waals surface area contributed by atoms with E-state index < -0.39 is 0 Å². The monoisotopic (exact) mass is 585 g/mol. The van der Waals surface area contributed by atoms with Crippen molar-refractivity contribution < 1.29 is 0 Å². The second-order valence-corrected chi connectivity index (χ2v) is 11.6. The molecule has 0 aliphatic heterocycles. The van der Waals surface area contributed by atoms with Crippen LogP contribution >= 0.6 is 0 Å². The Hall–Kier alpha value is -6.19. The van der Waals surface area contributed by atoms with Crippen molar-refractivity contribution in [3.8, 4) is 45.0 Å². The number of pyridine rings is 1. The first kappa shape index (κ1) is 26.2. The first-order valence-corrected chi connectivity index (χ1v) is 15.5. The van der Waals surface area contributed by atoms with E-state index in [-0.39, 0.29) is 0 Å². The van der Waals surface area contributed by atoms with E-state index in [4.69, 9.17) is 9.97 Å². The van der Waals surface area contributed by atoms with Crippen LogP contribution in [-0.4, -0.2) is 15.0 Å². The highest BCUT2D eigenvalue weighted by atomic mass is 14.9. The second kappa shape index (κ2) is 10.8. The molecule has 0 saturated carbocycles.